The van der Waals surface area contributed by atoms with Crippen LogP contribution in [0.3, 0.4) is 0 Å². The van der Waals surface area contributed by atoms with E-state index in [1.807, 2.05) is 53.4 Å². The normalized spacial score (nSPS) is 22.4. The predicted molar refractivity (Wildman–Crippen MR) is 129 cm³/mol. The fraction of sp³-hybridized carbons (Fsp3) is 0.385. The number of hydrogen-bond acceptors (Lipinski definition) is 6. The average Bonchev–Trinajstić information content (AvgIpc) is 3.62. The molecule has 34 heavy (non-hydrogen) atoms. The predicted octanol–water partition coefficient (Wildman–Crippen LogP) is 5.65. The van der Waals surface area contributed by atoms with Crippen LogP contribution in [0.1, 0.15) is 41.4 Å². The first-order chi connectivity index (χ1) is 16.6. The molecule has 3 aliphatic rings. The molecular weight excluding hydrogens is 472 g/mol. The van der Waals surface area contributed by atoms with E-state index in [2.05, 4.69) is 0 Å². The maximum atomic E-state index is 13.0. The lowest BCUT2D eigenvalue weighted by molar-refractivity contribution is 0.0259. The highest BCUT2D eigenvalue weighted by atomic mass is 35.5. The molecule has 2 atom stereocenters. The molecule has 2 aromatic carbocycles. The van der Waals surface area contributed by atoms with Gasteiger partial charge in [0, 0.05) is 46.7 Å². The number of carbonyl (C=O) groups is 1. The maximum Gasteiger partial charge on any atom is 0.254 e. The lowest BCUT2D eigenvalue weighted by atomic mass is 10.0. The third-order valence-electron chi connectivity index (χ3n) is 6.77. The molecule has 3 aliphatic heterocycles. The van der Waals surface area contributed by atoms with E-state index in [0.29, 0.717) is 23.7 Å². The number of fused-ring (bicyclic) bond motifs is 2. The summed E-state index contributed by atoms with van der Waals surface area (Å²) in [6.07, 6.45) is 2.95. The van der Waals surface area contributed by atoms with Gasteiger partial charge in [0.25, 0.3) is 5.91 Å². The van der Waals surface area contributed by atoms with Crippen LogP contribution in [0.4, 0.5) is 0 Å². The van der Waals surface area contributed by atoms with Gasteiger partial charge in [-0.25, -0.2) is 4.98 Å². The molecule has 3 saturated heterocycles. The molecule has 1 amide bonds. The minimum atomic E-state index is 0.0705. The number of amides is 1. The molecule has 0 aliphatic carbocycles. The van der Waals surface area contributed by atoms with E-state index in [1.54, 1.807) is 0 Å². The Bertz CT molecular complexity index is 1170. The monoisotopic (exact) mass is 496 g/mol. The summed E-state index contributed by atoms with van der Waals surface area (Å²) in [7, 11) is 0. The van der Waals surface area contributed by atoms with Crippen LogP contribution in [0, 0.1) is 0 Å². The molecule has 8 heteroatoms. The molecule has 0 radical (unpaired) electrons. The van der Waals surface area contributed by atoms with Gasteiger partial charge < -0.3 is 18.8 Å². The van der Waals surface area contributed by atoms with Crippen LogP contribution in [-0.4, -0.2) is 54.3 Å². The molecule has 6 nitrogen and oxygen atoms in total. The summed E-state index contributed by atoms with van der Waals surface area (Å²) in [4.78, 5) is 20.9. The number of aromatic nitrogens is 1. The minimum Gasteiger partial charge on any atom is -0.433 e. The summed E-state index contributed by atoms with van der Waals surface area (Å²) >= 11 is 7.59. The summed E-state index contributed by atoms with van der Waals surface area (Å²) in [5.41, 5.74) is 2.42. The first-order valence-corrected chi connectivity index (χ1v) is 12.9. The lowest BCUT2D eigenvalue weighted by Crippen LogP contribution is -2.41. The number of nitrogens with zero attached hydrogens (tertiary/aromatic N) is 2. The Morgan fingerprint density at radius 1 is 1.06 bits per heavy atom. The van der Waals surface area contributed by atoms with Crippen LogP contribution >= 0.6 is 23.4 Å². The SMILES string of the molecule is O=C(c1ccc(-c2nc(C3CCOCC3)oc2Sc2ccc(Cl)cc2)cc1)N1CC2CC1CO2. The number of ether oxygens (including phenoxy) is 2. The number of oxazole rings is 1. The summed E-state index contributed by atoms with van der Waals surface area (Å²) in [6, 6.07) is 15.6. The zero-order valence-electron chi connectivity index (χ0n) is 18.6. The smallest absolute Gasteiger partial charge is 0.254 e. The molecule has 6 rings (SSSR count). The quantitative estimate of drug-likeness (QED) is 0.454. The number of carbonyl (C=O) groups excluding carboxylic acids is 1. The Hall–Kier alpha value is -2.32. The van der Waals surface area contributed by atoms with Crippen LogP contribution in [0.5, 0.6) is 0 Å². The van der Waals surface area contributed by atoms with Crippen molar-refractivity contribution in [1.82, 2.24) is 9.88 Å². The van der Waals surface area contributed by atoms with E-state index >= 15 is 0 Å². The molecule has 4 heterocycles. The molecule has 3 fully saturated rings. The van der Waals surface area contributed by atoms with Gasteiger partial charge in [0.15, 0.2) is 11.0 Å². The molecule has 3 aromatic rings. The Morgan fingerprint density at radius 2 is 1.82 bits per heavy atom. The molecular formula is C26H25ClN2O4S. The summed E-state index contributed by atoms with van der Waals surface area (Å²) in [6.45, 7) is 2.78. The fourth-order valence-electron chi connectivity index (χ4n) is 4.89. The Morgan fingerprint density at radius 3 is 2.50 bits per heavy atom. The zero-order valence-corrected chi connectivity index (χ0v) is 20.2. The standard InChI is InChI=1S/C26H25ClN2O4S/c27-19-5-7-22(8-6-19)34-26-23(28-24(33-26)17-9-11-31-12-10-17)16-1-3-18(4-2-16)25(30)29-14-21-13-20(29)15-32-21/h1-8,17,20-21H,9-15H2. The van der Waals surface area contributed by atoms with Gasteiger partial charge in [-0.2, -0.15) is 0 Å². The molecule has 0 saturated carbocycles. The van der Waals surface area contributed by atoms with Crippen molar-refractivity contribution in [2.24, 2.45) is 0 Å². The van der Waals surface area contributed by atoms with Crippen LogP contribution < -0.4 is 0 Å². The highest BCUT2D eigenvalue weighted by Crippen LogP contribution is 2.40. The van der Waals surface area contributed by atoms with Gasteiger partial charge in [0.1, 0.15) is 5.69 Å². The summed E-state index contributed by atoms with van der Waals surface area (Å²) < 4.78 is 17.5. The van der Waals surface area contributed by atoms with E-state index in [0.717, 1.165) is 59.6 Å². The molecule has 176 valence electrons. The van der Waals surface area contributed by atoms with Crippen molar-refractivity contribution in [2.45, 2.75) is 47.3 Å². The first kappa shape index (κ1) is 22.2. The minimum absolute atomic E-state index is 0.0705. The topological polar surface area (TPSA) is 64.8 Å². The number of likely N-dealkylation sites (tertiary alicyclic amines) is 1. The van der Waals surface area contributed by atoms with Gasteiger partial charge in [-0.05, 0) is 67.4 Å². The van der Waals surface area contributed by atoms with Crippen molar-refractivity contribution < 1.29 is 18.7 Å². The summed E-state index contributed by atoms with van der Waals surface area (Å²) in [5.74, 6) is 1.07. The van der Waals surface area contributed by atoms with Crippen LogP contribution in [0.2, 0.25) is 5.02 Å². The van der Waals surface area contributed by atoms with Gasteiger partial charge in [-0.3, -0.25) is 4.79 Å². The fourth-order valence-corrected chi connectivity index (χ4v) is 5.89. The molecule has 2 bridgehead atoms. The largest absolute Gasteiger partial charge is 0.433 e. The van der Waals surface area contributed by atoms with Crippen molar-refractivity contribution in [3.8, 4) is 11.3 Å². The van der Waals surface area contributed by atoms with Crippen molar-refractivity contribution in [3.63, 3.8) is 0 Å². The number of halogens is 1. The van der Waals surface area contributed by atoms with Crippen molar-refractivity contribution in [1.29, 1.82) is 0 Å². The Kier molecular flexibility index (Phi) is 6.11. The molecule has 0 spiro atoms. The van der Waals surface area contributed by atoms with E-state index < -0.39 is 0 Å². The van der Waals surface area contributed by atoms with Crippen molar-refractivity contribution in [3.05, 3.63) is 65.0 Å². The second-order valence-electron chi connectivity index (χ2n) is 9.01. The third-order valence-corrected chi connectivity index (χ3v) is 8.00. The molecule has 2 unspecified atom stereocenters. The van der Waals surface area contributed by atoms with Crippen LogP contribution in [0.25, 0.3) is 11.3 Å². The van der Waals surface area contributed by atoms with Gasteiger partial charge in [0.2, 0.25) is 0 Å². The van der Waals surface area contributed by atoms with Gasteiger partial charge in [-0.1, -0.05) is 23.7 Å². The van der Waals surface area contributed by atoms with Crippen LogP contribution in [-0.2, 0) is 9.47 Å². The maximum absolute atomic E-state index is 13.0. The first-order valence-electron chi connectivity index (χ1n) is 11.7. The number of benzene rings is 2. The van der Waals surface area contributed by atoms with Crippen LogP contribution in [0.15, 0.2) is 62.9 Å². The second kappa shape index (κ2) is 9.38. The van der Waals surface area contributed by atoms with E-state index in [4.69, 9.17) is 30.5 Å². The van der Waals surface area contributed by atoms with Gasteiger partial charge >= 0.3 is 0 Å². The molecule has 0 N–H and O–H groups in total. The number of hydrogen-bond donors (Lipinski definition) is 0. The van der Waals surface area contributed by atoms with E-state index in [-0.39, 0.29) is 24.0 Å². The van der Waals surface area contributed by atoms with Gasteiger partial charge in [0.05, 0.1) is 18.8 Å². The third kappa shape index (κ3) is 4.38. The van der Waals surface area contributed by atoms with Gasteiger partial charge in [-0.15, -0.1) is 0 Å². The zero-order chi connectivity index (χ0) is 23.1. The number of rotatable bonds is 5. The lowest BCUT2D eigenvalue weighted by Gasteiger charge is -2.26. The summed E-state index contributed by atoms with van der Waals surface area (Å²) in [5, 5.41) is 1.44. The van der Waals surface area contributed by atoms with Crippen molar-refractivity contribution in [2.75, 3.05) is 26.4 Å². The van der Waals surface area contributed by atoms with E-state index in [9.17, 15) is 4.79 Å². The Balaban J connectivity index is 1.28. The number of morpholine rings is 1. The second-order valence-corrected chi connectivity index (χ2v) is 10.5. The Labute approximate surface area is 207 Å². The highest BCUT2D eigenvalue weighted by Gasteiger charge is 2.41. The average molecular weight is 497 g/mol. The highest BCUT2D eigenvalue weighted by molar-refractivity contribution is 7.99. The van der Waals surface area contributed by atoms with Crippen molar-refractivity contribution >= 4 is 29.3 Å². The molecule has 1 aromatic heterocycles. The van der Waals surface area contributed by atoms with E-state index in [1.165, 1.54) is 11.8 Å².